The standard InChI is InChI=1S/C22H33N3O2.ClH/c1-2-18(19-9-4-3-5-10-19)14-21(26)25-13-7-8-17(16-25)15-24-22(27)20-11-6-12-23-20;/h3-5,9-10,17-18,20,23H,2,6-8,11-16H2,1H3,(H,24,27);1H. The zero-order valence-corrected chi connectivity index (χ0v) is 17.7. The molecular formula is C22H34ClN3O2. The number of nitrogens with zero attached hydrogens (tertiary/aromatic N) is 1. The largest absolute Gasteiger partial charge is 0.354 e. The van der Waals surface area contributed by atoms with Gasteiger partial charge in [-0.1, -0.05) is 37.3 Å². The number of carbonyl (C=O) groups is 2. The molecule has 0 saturated carbocycles. The molecule has 0 spiro atoms. The number of amides is 2. The van der Waals surface area contributed by atoms with Gasteiger partial charge in [-0.05, 0) is 56.0 Å². The first-order valence-electron chi connectivity index (χ1n) is 10.5. The molecule has 1 aromatic rings. The van der Waals surface area contributed by atoms with Crippen molar-refractivity contribution in [3.8, 4) is 0 Å². The van der Waals surface area contributed by atoms with E-state index in [1.807, 2.05) is 23.1 Å². The molecule has 0 aliphatic carbocycles. The van der Waals surface area contributed by atoms with Gasteiger partial charge < -0.3 is 15.5 Å². The Hall–Kier alpha value is -1.59. The van der Waals surface area contributed by atoms with Crippen molar-refractivity contribution in [3.05, 3.63) is 35.9 Å². The van der Waals surface area contributed by atoms with Crippen molar-refractivity contribution in [2.45, 2.75) is 57.4 Å². The van der Waals surface area contributed by atoms with E-state index in [0.29, 0.717) is 18.9 Å². The van der Waals surface area contributed by atoms with Gasteiger partial charge in [0.15, 0.2) is 0 Å². The Morgan fingerprint density at radius 1 is 1.21 bits per heavy atom. The van der Waals surface area contributed by atoms with E-state index in [1.165, 1.54) is 5.56 Å². The minimum atomic E-state index is -0.0255. The van der Waals surface area contributed by atoms with Gasteiger partial charge in [0.2, 0.25) is 11.8 Å². The number of hydrogen-bond donors (Lipinski definition) is 2. The summed E-state index contributed by atoms with van der Waals surface area (Å²) in [6, 6.07) is 10.3. The normalized spacial score (nSPS) is 23.0. The summed E-state index contributed by atoms with van der Waals surface area (Å²) in [7, 11) is 0. The van der Waals surface area contributed by atoms with Gasteiger partial charge in [-0.3, -0.25) is 9.59 Å². The number of rotatable bonds is 7. The van der Waals surface area contributed by atoms with E-state index in [1.54, 1.807) is 0 Å². The Labute approximate surface area is 175 Å². The predicted molar refractivity (Wildman–Crippen MR) is 115 cm³/mol. The van der Waals surface area contributed by atoms with Crippen LogP contribution in [0.2, 0.25) is 0 Å². The summed E-state index contributed by atoms with van der Waals surface area (Å²) < 4.78 is 0. The van der Waals surface area contributed by atoms with Gasteiger partial charge in [0, 0.05) is 26.1 Å². The lowest BCUT2D eigenvalue weighted by molar-refractivity contribution is -0.133. The van der Waals surface area contributed by atoms with Crippen molar-refractivity contribution in [3.63, 3.8) is 0 Å². The summed E-state index contributed by atoms with van der Waals surface area (Å²) in [5, 5.41) is 6.33. The summed E-state index contributed by atoms with van der Waals surface area (Å²) in [5.74, 6) is 1.02. The third-order valence-electron chi connectivity index (χ3n) is 6.00. The Bertz CT molecular complexity index is 619. The van der Waals surface area contributed by atoms with Gasteiger partial charge in [-0.2, -0.15) is 0 Å². The molecule has 0 radical (unpaired) electrons. The number of halogens is 1. The van der Waals surface area contributed by atoms with E-state index in [-0.39, 0.29) is 36.2 Å². The first kappa shape index (κ1) is 22.7. The molecule has 2 heterocycles. The van der Waals surface area contributed by atoms with Crippen LogP contribution < -0.4 is 10.6 Å². The molecular weight excluding hydrogens is 374 g/mol. The molecule has 2 aliphatic heterocycles. The molecule has 2 aliphatic rings. The highest BCUT2D eigenvalue weighted by Gasteiger charge is 2.27. The van der Waals surface area contributed by atoms with E-state index < -0.39 is 0 Å². The maximum atomic E-state index is 12.9. The highest BCUT2D eigenvalue weighted by atomic mass is 35.5. The first-order valence-corrected chi connectivity index (χ1v) is 10.5. The second-order valence-electron chi connectivity index (χ2n) is 7.96. The molecule has 3 rings (SSSR count). The predicted octanol–water partition coefficient (Wildman–Crippen LogP) is 3.10. The van der Waals surface area contributed by atoms with Crippen LogP contribution in [-0.4, -0.2) is 48.9 Å². The number of hydrogen-bond acceptors (Lipinski definition) is 3. The molecule has 2 fully saturated rings. The van der Waals surface area contributed by atoms with Crippen LogP contribution in [0.4, 0.5) is 0 Å². The topological polar surface area (TPSA) is 61.4 Å². The molecule has 2 amide bonds. The molecule has 0 aromatic heterocycles. The van der Waals surface area contributed by atoms with Gasteiger partial charge >= 0.3 is 0 Å². The number of benzene rings is 1. The van der Waals surface area contributed by atoms with E-state index in [9.17, 15) is 9.59 Å². The average molecular weight is 408 g/mol. The molecule has 1 aromatic carbocycles. The SMILES string of the molecule is CCC(CC(=O)N1CCCC(CNC(=O)C2CCCN2)C1)c1ccccc1.Cl. The summed E-state index contributed by atoms with van der Waals surface area (Å²) in [5.41, 5.74) is 1.25. The fourth-order valence-corrected chi connectivity index (χ4v) is 4.30. The Morgan fingerprint density at radius 2 is 2.00 bits per heavy atom. The monoisotopic (exact) mass is 407 g/mol. The van der Waals surface area contributed by atoms with Crippen LogP contribution in [0.25, 0.3) is 0 Å². The smallest absolute Gasteiger partial charge is 0.237 e. The molecule has 3 unspecified atom stereocenters. The zero-order valence-electron chi connectivity index (χ0n) is 16.9. The average Bonchev–Trinajstić information content (AvgIpc) is 3.26. The maximum absolute atomic E-state index is 12.9. The second-order valence-corrected chi connectivity index (χ2v) is 7.96. The lowest BCUT2D eigenvalue weighted by atomic mass is 9.91. The van der Waals surface area contributed by atoms with Crippen LogP contribution >= 0.6 is 12.4 Å². The Kier molecular flexibility index (Phi) is 9.26. The molecule has 3 atom stereocenters. The quantitative estimate of drug-likeness (QED) is 0.730. The lowest BCUT2D eigenvalue weighted by Gasteiger charge is -2.34. The zero-order chi connectivity index (χ0) is 19.1. The Morgan fingerprint density at radius 3 is 2.68 bits per heavy atom. The van der Waals surface area contributed by atoms with Crippen molar-refractivity contribution >= 4 is 24.2 Å². The fourth-order valence-electron chi connectivity index (χ4n) is 4.30. The summed E-state index contributed by atoms with van der Waals surface area (Å²) in [6.07, 6.45) is 5.65. The molecule has 2 saturated heterocycles. The van der Waals surface area contributed by atoms with Crippen molar-refractivity contribution in [1.82, 2.24) is 15.5 Å². The highest BCUT2D eigenvalue weighted by molar-refractivity contribution is 5.85. The summed E-state index contributed by atoms with van der Waals surface area (Å²) in [6.45, 7) is 5.37. The van der Waals surface area contributed by atoms with Gasteiger partial charge in [-0.15, -0.1) is 12.4 Å². The van der Waals surface area contributed by atoms with Crippen molar-refractivity contribution in [1.29, 1.82) is 0 Å². The summed E-state index contributed by atoms with van der Waals surface area (Å²) in [4.78, 5) is 27.1. The summed E-state index contributed by atoms with van der Waals surface area (Å²) >= 11 is 0. The van der Waals surface area contributed by atoms with Crippen molar-refractivity contribution in [2.24, 2.45) is 5.92 Å². The van der Waals surface area contributed by atoms with Crippen LogP contribution in [0, 0.1) is 5.92 Å². The van der Waals surface area contributed by atoms with Crippen molar-refractivity contribution in [2.75, 3.05) is 26.2 Å². The van der Waals surface area contributed by atoms with Gasteiger partial charge in [0.25, 0.3) is 0 Å². The van der Waals surface area contributed by atoms with Crippen LogP contribution in [0.3, 0.4) is 0 Å². The second kappa shape index (κ2) is 11.4. The number of piperidine rings is 1. The maximum Gasteiger partial charge on any atom is 0.237 e. The minimum absolute atomic E-state index is 0. The van der Waals surface area contributed by atoms with Crippen LogP contribution in [0.15, 0.2) is 30.3 Å². The third kappa shape index (κ3) is 6.21. The Balaban J connectivity index is 0.00000280. The van der Waals surface area contributed by atoms with E-state index in [0.717, 1.165) is 51.7 Å². The van der Waals surface area contributed by atoms with Crippen molar-refractivity contribution < 1.29 is 9.59 Å². The highest BCUT2D eigenvalue weighted by Crippen LogP contribution is 2.25. The fraction of sp³-hybridized carbons (Fsp3) is 0.636. The number of nitrogens with one attached hydrogen (secondary N) is 2. The van der Waals surface area contributed by atoms with Gasteiger partial charge in [-0.25, -0.2) is 0 Å². The first-order chi connectivity index (χ1) is 13.2. The van der Waals surface area contributed by atoms with E-state index in [2.05, 4.69) is 29.7 Å². The van der Waals surface area contributed by atoms with Crippen LogP contribution in [-0.2, 0) is 9.59 Å². The van der Waals surface area contributed by atoms with E-state index in [4.69, 9.17) is 0 Å². The number of carbonyl (C=O) groups excluding carboxylic acids is 2. The minimum Gasteiger partial charge on any atom is -0.354 e. The molecule has 6 heteroatoms. The lowest BCUT2D eigenvalue weighted by Crippen LogP contribution is -2.46. The molecule has 156 valence electrons. The molecule has 2 N–H and O–H groups in total. The van der Waals surface area contributed by atoms with Gasteiger partial charge in [0.1, 0.15) is 0 Å². The van der Waals surface area contributed by atoms with Crippen LogP contribution in [0.1, 0.15) is 56.9 Å². The molecule has 0 bridgehead atoms. The van der Waals surface area contributed by atoms with E-state index >= 15 is 0 Å². The third-order valence-corrected chi connectivity index (χ3v) is 6.00. The number of likely N-dealkylation sites (tertiary alicyclic amines) is 1. The van der Waals surface area contributed by atoms with Gasteiger partial charge in [0.05, 0.1) is 6.04 Å². The van der Waals surface area contributed by atoms with Crippen LogP contribution in [0.5, 0.6) is 0 Å². The molecule has 5 nitrogen and oxygen atoms in total. The molecule has 28 heavy (non-hydrogen) atoms.